The predicted molar refractivity (Wildman–Crippen MR) is 107 cm³/mol. The Kier molecular flexibility index (Phi) is 5.94. The van der Waals surface area contributed by atoms with Crippen molar-refractivity contribution in [1.29, 1.82) is 0 Å². The molecule has 2 fully saturated rings. The van der Waals surface area contributed by atoms with Crippen LogP contribution in [0.1, 0.15) is 11.1 Å². The molecule has 11 heteroatoms. The van der Waals surface area contributed by atoms with Gasteiger partial charge in [0, 0.05) is 0 Å². The molecule has 2 saturated heterocycles. The van der Waals surface area contributed by atoms with Crippen molar-refractivity contribution in [2.24, 2.45) is 0 Å². The number of benzene rings is 2. The fourth-order valence-electron chi connectivity index (χ4n) is 3.39. The van der Waals surface area contributed by atoms with Crippen LogP contribution in [0, 0.1) is 13.8 Å². The number of aliphatic hydroxyl groups excluding tert-OH is 1. The maximum absolute atomic E-state index is 12.7. The third-order valence-electron chi connectivity index (χ3n) is 5.14. The van der Waals surface area contributed by atoms with E-state index in [0.717, 1.165) is 11.1 Å². The molecule has 2 heterocycles. The minimum absolute atomic E-state index is 0.0831. The Hall–Kier alpha value is -1.86. The Labute approximate surface area is 180 Å². The van der Waals surface area contributed by atoms with Gasteiger partial charge in [0.2, 0.25) is 0 Å². The van der Waals surface area contributed by atoms with Crippen molar-refractivity contribution in [2.75, 3.05) is 6.61 Å². The maximum Gasteiger partial charge on any atom is 0.297 e. The lowest BCUT2D eigenvalue weighted by Gasteiger charge is -2.36. The highest BCUT2D eigenvalue weighted by molar-refractivity contribution is 7.87. The number of fused-ring (bicyclic) bond motifs is 2. The molecule has 0 spiro atoms. The number of hydrogen-bond donors (Lipinski definition) is 1. The minimum atomic E-state index is -4.28. The number of aryl methyl sites for hydroxylation is 2. The third kappa shape index (κ3) is 4.53. The minimum Gasteiger partial charge on any atom is -0.387 e. The van der Waals surface area contributed by atoms with E-state index in [9.17, 15) is 21.9 Å². The maximum atomic E-state index is 12.7. The zero-order chi connectivity index (χ0) is 22.4. The monoisotopic (exact) mass is 470 g/mol. The van der Waals surface area contributed by atoms with Gasteiger partial charge in [-0.3, -0.25) is 8.37 Å². The average molecular weight is 471 g/mol. The van der Waals surface area contributed by atoms with E-state index in [1.807, 2.05) is 6.92 Å². The largest absolute Gasteiger partial charge is 0.387 e. The van der Waals surface area contributed by atoms with Gasteiger partial charge in [0.25, 0.3) is 20.2 Å². The van der Waals surface area contributed by atoms with Gasteiger partial charge < -0.3 is 14.6 Å². The summed E-state index contributed by atoms with van der Waals surface area (Å²) in [5.74, 6) is 0. The Balaban J connectivity index is 1.57. The first-order chi connectivity index (χ1) is 14.6. The summed E-state index contributed by atoms with van der Waals surface area (Å²) >= 11 is 0. The summed E-state index contributed by atoms with van der Waals surface area (Å²) in [5, 5.41) is 10.8. The van der Waals surface area contributed by atoms with E-state index < -0.39 is 50.9 Å². The van der Waals surface area contributed by atoms with E-state index in [0.29, 0.717) is 0 Å². The Morgan fingerprint density at radius 2 is 1.26 bits per heavy atom. The lowest BCUT2D eigenvalue weighted by atomic mass is 10.0. The second kappa shape index (κ2) is 8.24. The van der Waals surface area contributed by atoms with E-state index in [1.54, 1.807) is 31.2 Å². The van der Waals surface area contributed by atoms with E-state index in [-0.39, 0.29) is 16.4 Å². The molecule has 0 amide bonds. The van der Waals surface area contributed by atoms with Crippen molar-refractivity contribution in [1.82, 2.24) is 0 Å². The quantitative estimate of drug-likeness (QED) is 0.621. The van der Waals surface area contributed by atoms with Gasteiger partial charge in [0.15, 0.2) is 12.4 Å². The van der Waals surface area contributed by atoms with Crippen LogP contribution < -0.4 is 0 Å². The molecule has 4 rings (SSSR count). The summed E-state index contributed by atoms with van der Waals surface area (Å²) in [7, 11) is -8.54. The molecule has 0 aliphatic carbocycles. The molecule has 1 N–H and O–H groups in total. The first-order valence-electron chi connectivity index (χ1n) is 9.52. The fraction of sp³-hybridized carbons (Fsp3) is 0.400. The third-order valence-corrected chi connectivity index (χ3v) is 7.79. The summed E-state index contributed by atoms with van der Waals surface area (Å²) in [4.78, 5) is -0.216. The Morgan fingerprint density at radius 3 is 1.74 bits per heavy atom. The zero-order valence-electron chi connectivity index (χ0n) is 16.7. The van der Waals surface area contributed by atoms with Gasteiger partial charge >= 0.3 is 0 Å². The van der Waals surface area contributed by atoms with E-state index >= 15 is 0 Å². The zero-order valence-corrected chi connectivity index (χ0v) is 18.4. The first-order valence-corrected chi connectivity index (χ1v) is 12.3. The molecule has 31 heavy (non-hydrogen) atoms. The molecule has 2 aromatic rings. The topological polar surface area (TPSA) is 125 Å². The lowest BCUT2D eigenvalue weighted by Crippen LogP contribution is -2.56. The predicted octanol–water partition coefficient (Wildman–Crippen LogP) is 1.27. The highest BCUT2D eigenvalue weighted by Gasteiger charge is 2.54. The summed E-state index contributed by atoms with van der Waals surface area (Å²) in [6.45, 7) is 3.53. The molecule has 0 aromatic heterocycles. The van der Waals surface area contributed by atoms with Crippen LogP contribution >= 0.6 is 0 Å². The van der Waals surface area contributed by atoms with Crippen LogP contribution in [-0.2, 0) is 38.1 Å². The molecule has 168 valence electrons. The molecule has 2 aliphatic rings. The first kappa shape index (κ1) is 22.3. The SMILES string of the molecule is Cc1ccc(S(=O)(=O)O[C@@H]2C(O)[C@H](OS(=O)(=O)c3ccc(C)cc3)[C@H]3OC[C@@H]2O3)cc1. The second-order valence-corrected chi connectivity index (χ2v) is 10.7. The van der Waals surface area contributed by atoms with Crippen molar-refractivity contribution in [3.05, 3.63) is 59.7 Å². The Morgan fingerprint density at radius 1 is 0.806 bits per heavy atom. The van der Waals surface area contributed by atoms with Crippen LogP contribution in [0.15, 0.2) is 58.3 Å². The van der Waals surface area contributed by atoms with Gasteiger partial charge in [-0.1, -0.05) is 35.4 Å². The molecule has 1 unspecified atom stereocenters. The summed E-state index contributed by atoms with van der Waals surface area (Å²) in [6.07, 6.45) is -6.64. The number of aliphatic hydroxyl groups is 1. The van der Waals surface area contributed by atoms with Crippen molar-refractivity contribution < 1.29 is 39.8 Å². The second-order valence-electron chi connectivity index (χ2n) is 7.52. The van der Waals surface area contributed by atoms with Crippen molar-refractivity contribution >= 4 is 20.2 Å². The molecule has 2 bridgehead atoms. The van der Waals surface area contributed by atoms with Crippen molar-refractivity contribution in [2.45, 2.75) is 54.3 Å². The number of hydrogen-bond acceptors (Lipinski definition) is 9. The molecule has 2 aromatic carbocycles. The van der Waals surface area contributed by atoms with E-state index in [2.05, 4.69) is 0 Å². The normalized spacial score (nSPS) is 28.5. The Bertz CT molecular complexity index is 1050. The average Bonchev–Trinajstić information content (AvgIpc) is 3.16. The summed E-state index contributed by atoms with van der Waals surface area (Å²) in [5.41, 5.74) is 1.72. The van der Waals surface area contributed by atoms with Crippen LogP contribution in [-0.4, -0.2) is 59.3 Å². The molecular weight excluding hydrogens is 448 g/mol. The molecule has 0 saturated carbocycles. The lowest BCUT2D eigenvalue weighted by molar-refractivity contribution is -0.213. The number of ether oxygens (including phenoxy) is 2. The molecule has 9 nitrogen and oxygen atoms in total. The smallest absolute Gasteiger partial charge is 0.297 e. The van der Waals surface area contributed by atoms with Gasteiger partial charge in [0.05, 0.1) is 16.4 Å². The number of rotatable bonds is 6. The van der Waals surface area contributed by atoms with Crippen LogP contribution in [0.3, 0.4) is 0 Å². The van der Waals surface area contributed by atoms with Crippen molar-refractivity contribution in [3.8, 4) is 0 Å². The highest BCUT2D eigenvalue weighted by Crippen LogP contribution is 2.35. The van der Waals surface area contributed by atoms with Crippen LogP contribution in [0.5, 0.6) is 0 Å². The van der Waals surface area contributed by atoms with Gasteiger partial charge in [-0.05, 0) is 38.1 Å². The summed E-state index contributed by atoms with van der Waals surface area (Å²) in [6, 6.07) is 11.9. The summed E-state index contributed by atoms with van der Waals surface area (Å²) < 4.78 is 72.1. The molecular formula is C20H22O9S2. The van der Waals surface area contributed by atoms with E-state index in [1.165, 1.54) is 24.3 Å². The molecule has 2 aliphatic heterocycles. The van der Waals surface area contributed by atoms with Gasteiger partial charge in [-0.25, -0.2) is 0 Å². The van der Waals surface area contributed by atoms with Crippen LogP contribution in [0.4, 0.5) is 0 Å². The van der Waals surface area contributed by atoms with Gasteiger partial charge in [-0.15, -0.1) is 0 Å². The molecule has 5 atom stereocenters. The van der Waals surface area contributed by atoms with Gasteiger partial charge in [0.1, 0.15) is 18.3 Å². The van der Waals surface area contributed by atoms with Gasteiger partial charge in [-0.2, -0.15) is 16.8 Å². The standard InChI is InChI=1S/C20H22O9S2/c1-12-3-7-14(8-4-12)30(22,23)28-18-16-11-26-20(27-16)19(17(18)21)29-31(24,25)15-9-5-13(2)6-10-15/h3-10,16-21H,11H2,1-2H3/t16-,17?,18-,19-,20-/m0/s1. The van der Waals surface area contributed by atoms with Crippen molar-refractivity contribution in [3.63, 3.8) is 0 Å². The van der Waals surface area contributed by atoms with E-state index in [4.69, 9.17) is 17.8 Å². The van der Waals surface area contributed by atoms with Crippen LogP contribution in [0.25, 0.3) is 0 Å². The van der Waals surface area contributed by atoms with Crippen LogP contribution in [0.2, 0.25) is 0 Å². The highest BCUT2D eigenvalue weighted by atomic mass is 32.2. The fourth-order valence-corrected chi connectivity index (χ4v) is 5.58. The molecule has 0 radical (unpaired) electrons.